The second-order valence-corrected chi connectivity index (χ2v) is 4.01. The lowest BCUT2D eigenvalue weighted by atomic mass is 10.2. The lowest BCUT2D eigenvalue weighted by Crippen LogP contribution is -2.16. The molecule has 0 aliphatic heterocycles. The Balaban J connectivity index is 2.25. The molecular weight excluding hydrogens is 270 g/mol. The third kappa shape index (κ3) is 3.22. The average Bonchev–Trinajstić information content (AvgIpc) is 2.54. The van der Waals surface area contributed by atoms with Crippen LogP contribution in [0.25, 0.3) is 0 Å². The van der Waals surface area contributed by atoms with Crippen molar-refractivity contribution in [2.75, 3.05) is 12.4 Å². The molecule has 21 heavy (non-hydrogen) atoms. The summed E-state index contributed by atoms with van der Waals surface area (Å²) in [5.41, 5.74) is 0.828. The molecule has 0 unspecified atom stereocenters. The quantitative estimate of drug-likeness (QED) is 0.868. The summed E-state index contributed by atoms with van der Waals surface area (Å²) in [7, 11) is 1.24. The van der Waals surface area contributed by atoms with Gasteiger partial charge in [-0.1, -0.05) is 18.2 Å². The van der Waals surface area contributed by atoms with Crippen LogP contribution < -0.4 is 5.32 Å². The van der Waals surface area contributed by atoms with Crippen molar-refractivity contribution in [1.82, 2.24) is 4.98 Å². The van der Waals surface area contributed by atoms with Gasteiger partial charge in [-0.2, -0.15) is 5.26 Å². The van der Waals surface area contributed by atoms with Crippen LogP contribution in [0.3, 0.4) is 0 Å². The van der Waals surface area contributed by atoms with E-state index in [0.717, 1.165) is 0 Å². The second kappa shape index (κ2) is 6.30. The van der Waals surface area contributed by atoms with Crippen LogP contribution in [-0.2, 0) is 4.74 Å². The number of anilines is 1. The molecule has 0 fully saturated rings. The van der Waals surface area contributed by atoms with Crippen LogP contribution >= 0.6 is 0 Å². The van der Waals surface area contributed by atoms with E-state index in [4.69, 9.17) is 5.26 Å². The predicted molar refractivity (Wildman–Crippen MR) is 74.7 cm³/mol. The fourth-order valence-corrected chi connectivity index (χ4v) is 1.66. The highest BCUT2D eigenvalue weighted by molar-refractivity contribution is 6.04. The molecule has 2 rings (SSSR count). The molecule has 1 aromatic heterocycles. The van der Waals surface area contributed by atoms with Crippen LogP contribution in [0.2, 0.25) is 0 Å². The average molecular weight is 281 g/mol. The minimum Gasteiger partial charge on any atom is -0.464 e. The molecule has 1 aromatic carbocycles. The summed E-state index contributed by atoms with van der Waals surface area (Å²) in [6.45, 7) is 0. The summed E-state index contributed by atoms with van der Waals surface area (Å²) in [5.74, 6) is -1.13. The third-order valence-electron chi connectivity index (χ3n) is 2.67. The SMILES string of the molecule is COC(=O)c1cccc(C(=O)Nc2ccccc2C#N)n1. The van der Waals surface area contributed by atoms with Gasteiger partial charge in [-0.05, 0) is 24.3 Å². The Bertz CT molecular complexity index is 735. The molecule has 0 saturated carbocycles. The molecule has 2 aromatic rings. The highest BCUT2D eigenvalue weighted by Gasteiger charge is 2.13. The summed E-state index contributed by atoms with van der Waals surface area (Å²) < 4.78 is 4.55. The van der Waals surface area contributed by atoms with Gasteiger partial charge in [0.2, 0.25) is 0 Å². The first kappa shape index (κ1) is 14.2. The van der Waals surface area contributed by atoms with Gasteiger partial charge in [-0.25, -0.2) is 9.78 Å². The molecule has 0 saturated heterocycles. The molecule has 0 radical (unpaired) electrons. The molecular formula is C15H11N3O3. The van der Waals surface area contributed by atoms with Crippen LogP contribution in [0.1, 0.15) is 26.5 Å². The lowest BCUT2D eigenvalue weighted by Gasteiger charge is -2.07. The van der Waals surface area contributed by atoms with Gasteiger partial charge in [-0.15, -0.1) is 0 Å². The Morgan fingerprint density at radius 1 is 1.14 bits per heavy atom. The number of nitrogens with zero attached hydrogens (tertiary/aromatic N) is 2. The lowest BCUT2D eigenvalue weighted by molar-refractivity contribution is 0.0594. The molecule has 0 atom stereocenters. The number of hydrogen-bond acceptors (Lipinski definition) is 5. The van der Waals surface area contributed by atoms with Crippen LogP contribution in [0.4, 0.5) is 5.69 Å². The summed E-state index contributed by atoms with van der Waals surface area (Å²) in [5, 5.41) is 11.6. The van der Waals surface area contributed by atoms with E-state index in [-0.39, 0.29) is 11.4 Å². The van der Waals surface area contributed by atoms with E-state index in [1.807, 2.05) is 6.07 Å². The molecule has 1 amide bonds. The third-order valence-corrected chi connectivity index (χ3v) is 2.67. The number of nitriles is 1. The molecule has 6 nitrogen and oxygen atoms in total. The van der Waals surface area contributed by atoms with E-state index in [2.05, 4.69) is 15.0 Å². The number of ether oxygens (including phenoxy) is 1. The zero-order chi connectivity index (χ0) is 15.2. The normalized spacial score (nSPS) is 9.52. The van der Waals surface area contributed by atoms with Gasteiger partial charge in [0.25, 0.3) is 5.91 Å². The number of aromatic nitrogens is 1. The molecule has 0 bridgehead atoms. The van der Waals surface area contributed by atoms with Crippen molar-refractivity contribution in [3.8, 4) is 6.07 Å². The Hall–Kier alpha value is -3.20. The summed E-state index contributed by atoms with van der Waals surface area (Å²) >= 11 is 0. The van der Waals surface area contributed by atoms with Crippen molar-refractivity contribution >= 4 is 17.6 Å². The number of rotatable bonds is 3. The van der Waals surface area contributed by atoms with Gasteiger partial charge >= 0.3 is 5.97 Å². The predicted octanol–water partition coefficient (Wildman–Crippen LogP) is 1.99. The fraction of sp³-hybridized carbons (Fsp3) is 0.0667. The fourth-order valence-electron chi connectivity index (χ4n) is 1.66. The van der Waals surface area contributed by atoms with Crippen LogP contribution in [-0.4, -0.2) is 24.0 Å². The first-order valence-electron chi connectivity index (χ1n) is 6.01. The maximum absolute atomic E-state index is 12.1. The van der Waals surface area contributed by atoms with Crippen LogP contribution in [0.5, 0.6) is 0 Å². The van der Waals surface area contributed by atoms with Crippen molar-refractivity contribution in [3.05, 3.63) is 59.4 Å². The number of para-hydroxylation sites is 1. The van der Waals surface area contributed by atoms with E-state index in [0.29, 0.717) is 11.3 Å². The van der Waals surface area contributed by atoms with Crippen molar-refractivity contribution in [2.24, 2.45) is 0 Å². The summed E-state index contributed by atoms with van der Waals surface area (Å²) in [4.78, 5) is 27.4. The Labute approximate surface area is 121 Å². The number of esters is 1. The van der Waals surface area contributed by atoms with Crippen molar-refractivity contribution in [2.45, 2.75) is 0 Å². The van der Waals surface area contributed by atoms with Gasteiger partial charge in [-0.3, -0.25) is 4.79 Å². The van der Waals surface area contributed by atoms with Crippen molar-refractivity contribution < 1.29 is 14.3 Å². The number of carbonyl (C=O) groups excluding carboxylic acids is 2. The molecule has 1 heterocycles. The van der Waals surface area contributed by atoms with Gasteiger partial charge in [0.1, 0.15) is 17.5 Å². The maximum Gasteiger partial charge on any atom is 0.356 e. The minimum atomic E-state index is -0.623. The van der Waals surface area contributed by atoms with Crippen molar-refractivity contribution in [3.63, 3.8) is 0 Å². The van der Waals surface area contributed by atoms with Crippen LogP contribution in [0.15, 0.2) is 42.5 Å². The maximum atomic E-state index is 12.1. The van der Waals surface area contributed by atoms with Gasteiger partial charge in [0.15, 0.2) is 0 Å². The standard InChI is InChI=1S/C15H11N3O3/c1-21-15(20)13-8-4-7-12(17-13)14(19)18-11-6-3-2-5-10(11)9-16/h2-8H,1H3,(H,18,19). The zero-order valence-electron chi connectivity index (χ0n) is 11.2. The van der Waals surface area contributed by atoms with Crippen molar-refractivity contribution in [1.29, 1.82) is 5.26 Å². The Morgan fingerprint density at radius 3 is 2.57 bits per heavy atom. The Kier molecular flexibility index (Phi) is 4.26. The van der Waals surface area contributed by atoms with Gasteiger partial charge in [0.05, 0.1) is 18.4 Å². The molecule has 1 N–H and O–H groups in total. The van der Waals surface area contributed by atoms with Crippen LogP contribution in [0, 0.1) is 11.3 Å². The van der Waals surface area contributed by atoms with Gasteiger partial charge in [0, 0.05) is 0 Å². The van der Waals surface area contributed by atoms with E-state index in [1.54, 1.807) is 24.3 Å². The van der Waals surface area contributed by atoms with Gasteiger partial charge < -0.3 is 10.1 Å². The molecule has 0 aliphatic carbocycles. The number of pyridine rings is 1. The Morgan fingerprint density at radius 2 is 1.86 bits per heavy atom. The highest BCUT2D eigenvalue weighted by atomic mass is 16.5. The minimum absolute atomic E-state index is 0.0405. The smallest absolute Gasteiger partial charge is 0.356 e. The monoisotopic (exact) mass is 281 g/mol. The molecule has 0 spiro atoms. The molecule has 6 heteroatoms. The first-order valence-corrected chi connectivity index (χ1v) is 6.01. The van der Waals surface area contributed by atoms with E-state index >= 15 is 0 Å². The number of amides is 1. The van der Waals surface area contributed by atoms with E-state index in [9.17, 15) is 9.59 Å². The topological polar surface area (TPSA) is 92.1 Å². The summed E-state index contributed by atoms with van der Waals surface area (Å²) in [6.07, 6.45) is 0. The van der Waals surface area contributed by atoms with E-state index in [1.165, 1.54) is 25.3 Å². The molecule has 104 valence electrons. The summed E-state index contributed by atoms with van der Waals surface area (Å²) in [6, 6.07) is 13.0. The number of hydrogen-bond donors (Lipinski definition) is 1. The number of nitrogens with one attached hydrogen (secondary N) is 1. The molecule has 0 aliphatic rings. The number of carbonyl (C=O) groups is 2. The largest absolute Gasteiger partial charge is 0.464 e. The zero-order valence-corrected chi connectivity index (χ0v) is 11.2. The first-order chi connectivity index (χ1) is 10.2. The number of methoxy groups -OCH3 is 1. The second-order valence-electron chi connectivity index (χ2n) is 4.01. The number of benzene rings is 1. The van der Waals surface area contributed by atoms with E-state index < -0.39 is 11.9 Å². The highest BCUT2D eigenvalue weighted by Crippen LogP contribution is 2.14.